The highest BCUT2D eigenvalue weighted by molar-refractivity contribution is 7.92. The van der Waals surface area contributed by atoms with Gasteiger partial charge in [0.25, 0.3) is 15.9 Å². The van der Waals surface area contributed by atoms with Crippen LogP contribution in [-0.4, -0.2) is 26.5 Å². The van der Waals surface area contributed by atoms with Crippen LogP contribution in [0, 0.1) is 0 Å². The average molecular weight is 431 g/mol. The van der Waals surface area contributed by atoms with Gasteiger partial charge in [-0.05, 0) is 63.2 Å². The lowest BCUT2D eigenvalue weighted by Crippen LogP contribution is -2.43. The van der Waals surface area contributed by atoms with E-state index in [1.165, 1.54) is 42.5 Å². The molecule has 0 saturated carbocycles. The van der Waals surface area contributed by atoms with Crippen LogP contribution in [-0.2, 0) is 14.8 Å². The van der Waals surface area contributed by atoms with E-state index >= 15 is 0 Å². The highest BCUT2D eigenvalue weighted by atomic mass is 35.5. The fourth-order valence-electron chi connectivity index (χ4n) is 2.15. The zero-order chi connectivity index (χ0) is 20.2. The number of ether oxygens (including phenoxy) is 1. The van der Waals surface area contributed by atoms with E-state index < -0.39 is 10.0 Å². The Labute approximate surface area is 168 Å². The van der Waals surface area contributed by atoms with Gasteiger partial charge in [0.15, 0.2) is 6.61 Å². The molecule has 0 aliphatic rings. The summed E-state index contributed by atoms with van der Waals surface area (Å²) >= 11 is 11.8. The van der Waals surface area contributed by atoms with Crippen LogP contribution in [0.25, 0.3) is 0 Å². The van der Waals surface area contributed by atoms with Gasteiger partial charge >= 0.3 is 0 Å². The third-order valence-electron chi connectivity index (χ3n) is 3.13. The van der Waals surface area contributed by atoms with Crippen molar-refractivity contribution in [1.82, 2.24) is 5.32 Å². The molecule has 6 nitrogen and oxygen atoms in total. The van der Waals surface area contributed by atoms with E-state index in [1.807, 2.05) is 20.8 Å². The summed E-state index contributed by atoms with van der Waals surface area (Å²) in [5.74, 6) is 0.113. The molecule has 0 saturated heterocycles. The molecule has 9 heteroatoms. The number of nitrogens with one attached hydrogen (secondary N) is 2. The molecular formula is C18H20Cl2N2O4S. The Bertz CT molecular complexity index is 903. The number of carbonyl (C=O) groups is 1. The first-order valence-electron chi connectivity index (χ1n) is 7.97. The molecule has 0 spiro atoms. The number of anilines is 1. The molecule has 2 rings (SSSR count). The van der Waals surface area contributed by atoms with Crippen molar-refractivity contribution in [2.24, 2.45) is 0 Å². The summed E-state index contributed by atoms with van der Waals surface area (Å²) in [6, 6.07) is 10.1. The molecule has 0 fully saturated rings. The maximum atomic E-state index is 12.5. The van der Waals surface area contributed by atoms with Gasteiger partial charge in [-0.25, -0.2) is 8.42 Å². The topological polar surface area (TPSA) is 84.5 Å². The van der Waals surface area contributed by atoms with Gasteiger partial charge in [-0.1, -0.05) is 23.2 Å². The van der Waals surface area contributed by atoms with Crippen molar-refractivity contribution in [3.8, 4) is 5.75 Å². The minimum Gasteiger partial charge on any atom is -0.484 e. The van der Waals surface area contributed by atoms with Gasteiger partial charge in [0.2, 0.25) is 0 Å². The molecule has 27 heavy (non-hydrogen) atoms. The number of sulfonamides is 1. The van der Waals surface area contributed by atoms with Crippen molar-refractivity contribution < 1.29 is 17.9 Å². The van der Waals surface area contributed by atoms with Crippen LogP contribution >= 0.6 is 23.2 Å². The molecule has 1 amide bonds. The molecule has 2 aromatic carbocycles. The maximum absolute atomic E-state index is 12.5. The first-order valence-corrected chi connectivity index (χ1v) is 10.2. The van der Waals surface area contributed by atoms with Gasteiger partial charge in [0.1, 0.15) is 5.75 Å². The molecule has 0 aliphatic carbocycles. The van der Waals surface area contributed by atoms with Crippen LogP contribution in [0.3, 0.4) is 0 Å². The van der Waals surface area contributed by atoms with E-state index in [1.54, 1.807) is 0 Å². The number of benzene rings is 2. The zero-order valence-corrected chi connectivity index (χ0v) is 17.4. The number of halogens is 2. The third kappa shape index (κ3) is 6.93. The minimum absolute atomic E-state index is 0.0325. The maximum Gasteiger partial charge on any atom is 0.261 e. The van der Waals surface area contributed by atoms with E-state index in [-0.39, 0.29) is 28.6 Å². The molecule has 0 bridgehead atoms. The Morgan fingerprint density at radius 3 is 2.11 bits per heavy atom. The van der Waals surface area contributed by atoms with E-state index in [2.05, 4.69) is 10.0 Å². The lowest BCUT2D eigenvalue weighted by molar-refractivity contribution is -0.124. The van der Waals surface area contributed by atoms with Gasteiger partial charge in [-0.15, -0.1) is 0 Å². The molecule has 0 aromatic heterocycles. The van der Waals surface area contributed by atoms with Crippen molar-refractivity contribution in [3.05, 3.63) is 52.5 Å². The number of carbonyl (C=O) groups excluding carboxylic acids is 1. The summed E-state index contributed by atoms with van der Waals surface area (Å²) in [6.45, 7) is 5.43. The smallest absolute Gasteiger partial charge is 0.261 e. The summed E-state index contributed by atoms with van der Waals surface area (Å²) in [5, 5.41) is 3.40. The summed E-state index contributed by atoms with van der Waals surface area (Å²) < 4.78 is 32.7. The van der Waals surface area contributed by atoms with Crippen molar-refractivity contribution in [1.29, 1.82) is 0 Å². The monoisotopic (exact) mass is 430 g/mol. The van der Waals surface area contributed by atoms with Crippen LogP contribution in [0.15, 0.2) is 47.4 Å². The summed E-state index contributed by atoms with van der Waals surface area (Å²) in [7, 11) is -3.82. The van der Waals surface area contributed by atoms with Crippen LogP contribution < -0.4 is 14.8 Å². The molecule has 0 heterocycles. The van der Waals surface area contributed by atoms with E-state index in [9.17, 15) is 13.2 Å². The second kappa shape index (κ2) is 8.37. The number of amides is 1. The van der Waals surface area contributed by atoms with Gasteiger partial charge in [0.05, 0.1) is 10.6 Å². The Balaban J connectivity index is 2.04. The number of rotatable bonds is 6. The molecule has 0 aliphatic heterocycles. The molecule has 2 N–H and O–H groups in total. The molecule has 0 unspecified atom stereocenters. The van der Waals surface area contributed by atoms with Crippen molar-refractivity contribution in [2.75, 3.05) is 11.3 Å². The van der Waals surface area contributed by atoms with Crippen LogP contribution in [0.1, 0.15) is 20.8 Å². The average Bonchev–Trinajstić information content (AvgIpc) is 2.50. The first-order chi connectivity index (χ1) is 12.4. The second-order valence-electron chi connectivity index (χ2n) is 6.82. The van der Waals surface area contributed by atoms with E-state index in [4.69, 9.17) is 27.9 Å². The van der Waals surface area contributed by atoms with Gasteiger partial charge < -0.3 is 10.1 Å². The Kier molecular flexibility index (Phi) is 6.62. The molecular weight excluding hydrogens is 411 g/mol. The predicted octanol–water partition coefficient (Wildman–Crippen LogP) is 4.09. The van der Waals surface area contributed by atoms with Crippen molar-refractivity contribution in [3.63, 3.8) is 0 Å². The Morgan fingerprint density at radius 2 is 1.59 bits per heavy atom. The Hall–Kier alpha value is -1.96. The second-order valence-corrected chi connectivity index (χ2v) is 9.38. The number of hydrogen-bond acceptors (Lipinski definition) is 4. The summed E-state index contributed by atoms with van der Waals surface area (Å²) in [4.78, 5) is 11.8. The van der Waals surface area contributed by atoms with Crippen LogP contribution in [0.2, 0.25) is 10.0 Å². The van der Waals surface area contributed by atoms with Crippen molar-refractivity contribution >= 4 is 44.8 Å². The Morgan fingerprint density at radius 1 is 1.04 bits per heavy atom. The summed E-state index contributed by atoms with van der Waals surface area (Å²) in [6.07, 6.45) is 0. The van der Waals surface area contributed by atoms with Gasteiger partial charge in [0, 0.05) is 15.6 Å². The molecule has 146 valence electrons. The van der Waals surface area contributed by atoms with E-state index in [0.29, 0.717) is 15.8 Å². The lowest BCUT2D eigenvalue weighted by atomic mass is 10.1. The predicted molar refractivity (Wildman–Crippen MR) is 107 cm³/mol. The lowest BCUT2D eigenvalue weighted by Gasteiger charge is -2.20. The largest absolute Gasteiger partial charge is 0.484 e. The summed E-state index contributed by atoms with van der Waals surface area (Å²) in [5.41, 5.74) is -0.0977. The SMILES string of the molecule is CC(C)(C)NC(=O)COc1ccc(S(=O)(=O)Nc2cc(Cl)cc(Cl)c2)cc1. The minimum atomic E-state index is -3.82. The number of hydrogen-bond donors (Lipinski definition) is 2. The standard InChI is InChI=1S/C18H20Cl2N2O4S/c1-18(2,3)21-17(23)11-26-15-4-6-16(7-5-15)27(24,25)22-14-9-12(19)8-13(20)10-14/h4-10,22H,11H2,1-3H3,(H,21,23). The third-order valence-corrected chi connectivity index (χ3v) is 4.97. The highest BCUT2D eigenvalue weighted by Crippen LogP contribution is 2.25. The fourth-order valence-corrected chi connectivity index (χ4v) is 3.71. The van der Waals surface area contributed by atoms with Crippen LogP contribution in [0.4, 0.5) is 5.69 Å². The fraction of sp³-hybridized carbons (Fsp3) is 0.278. The molecule has 2 aromatic rings. The zero-order valence-electron chi connectivity index (χ0n) is 15.0. The molecule has 0 atom stereocenters. The van der Waals surface area contributed by atoms with Gasteiger partial charge in [-0.3, -0.25) is 9.52 Å². The first kappa shape index (κ1) is 21.3. The quantitative estimate of drug-likeness (QED) is 0.722. The van der Waals surface area contributed by atoms with Crippen LogP contribution in [0.5, 0.6) is 5.75 Å². The molecule has 0 radical (unpaired) electrons. The van der Waals surface area contributed by atoms with Gasteiger partial charge in [-0.2, -0.15) is 0 Å². The normalized spacial score (nSPS) is 11.7. The van der Waals surface area contributed by atoms with Crippen molar-refractivity contribution in [2.45, 2.75) is 31.2 Å². The highest BCUT2D eigenvalue weighted by Gasteiger charge is 2.16. The van der Waals surface area contributed by atoms with E-state index in [0.717, 1.165) is 0 Å².